The maximum absolute atomic E-state index is 9.47. The molecule has 1 N–H and O–H groups in total. The van der Waals surface area contributed by atoms with Crippen LogP contribution in [-0.4, -0.2) is 23.9 Å². The number of rotatable bonds is 2. The van der Waals surface area contributed by atoms with Crippen LogP contribution in [0.2, 0.25) is 0 Å². The molecule has 5 nitrogen and oxygen atoms in total. The molecule has 3 aromatic carbocycles. The van der Waals surface area contributed by atoms with Crippen LogP contribution in [0.25, 0.3) is 11.1 Å². The van der Waals surface area contributed by atoms with Gasteiger partial charge in [0.15, 0.2) is 11.5 Å². The van der Waals surface area contributed by atoms with Gasteiger partial charge in [0.05, 0.1) is 5.69 Å². The van der Waals surface area contributed by atoms with Crippen molar-refractivity contribution in [2.24, 2.45) is 10.1 Å². The Morgan fingerprint density at radius 3 is 2.50 bits per heavy atom. The molecule has 0 unspecified atom stereocenters. The van der Waals surface area contributed by atoms with E-state index in [1.165, 1.54) is 0 Å². The minimum atomic E-state index is 0.255. The van der Waals surface area contributed by atoms with E-state index in [0.29, 0.717) is 5.71 Å². The number of hydrogen-bond acceptors (Lipinski definition) is 5. The lowest BCUT2D eigenvalue weighted by molar-refractivity contribution is 0.174. The fourth-order valence-corrected chi connectivity index (χ4v) is 3.36. The van der Waals surface area contributed by atoms with Gasteiger partial charge in [-0.2, -0.15) is 0 Å². The molecule has 0 bridgehead atoms. The summed E-state index contributed by atoms with van der Waals surface area (Å²) in [4.78, 5) is 4.55. The van der Waals surface area contributed by atoms with E-state index in [1.54, 1.807) is 6.21 Å². The molecule has 3 aromatic rings. The molecule has 1 aliphatic carbocycles. The topological polar surface area (TPSA) is 63.4 Å². The molecule has 5 heteroatoms. The molecular formula is C21H14N2O3. The van der Waals surface area contributed by atoms with Crippen molar-refractivity contribution in [3.8, 4) is 22.6 Å². The van der Waals surface area contributed by atoms with Crippen molar-refractivity contribution >= 4 is 17.6 Å². The maximum Gasteiger partial charge on any atom is 0.231 e. The smallest absolute Gasteiger partial charge is 0.231 e. The number of ether oxygens (including phenoxy) is 2. The lowest BCUT2D eigenvalue weighted by Gasteiger charge is -2.02. The van der Waals surface area contributed by atoms with Gasteiger partial charge in [0.1, 0.15) is 5.71 Å². The summed E-state index contributed by atoms with van der Waals surface area (Å²) < 4.78 is 10.7. The van der Waals surface area contributed by atoms with Gasteiger partial charge in [0, 0.05) is 17.3 Å². The average molecular weight is 342 g/mol. The second-order valence-electron chi connectivity index (χ2n) is 6.09. The summed E-state index contributed by atoms with van der Waals surface area (Å²) in [5.74, 6) is 1.48. The number of aliphatic imine (C=N–C) groups is 1. The normalized spacial score (nSPS) is 15.5. The highest BCUT2D eigenvalue weighted by Gasteiger charge is 2.25. The quantitative estimate of drug-likeness (QED) is 0.334. The summed E-state index contributed by atoms with van der Waals surface area (Å²) in [6.45, 7) is 0.255. The van der Waals surface area contributed by atoms with Gasteiger partial charge in [-0.3, -0.25) is 4.99 Å². The molecule has 5 rings (SSSR count). The lowest BCUT2D eigenvalue weighted by Crippen LogP contribution is -1.97. The molecule has 0 fully saturated rings. The number of fused-ring (bicyclic) bond motifs is 4. The number of hydrogen-bond donors (Lipinski definition) is 1. The number of oxime groups is 1. The summed E-state index contributed by atoms with van der Waals surface area (Å²) in [7, 11) is 0. The molecule has 0 saturated carbocycles. The first-order valence-corrected chi connectivity index (χ1v) is 8.23. The van der Waals surface area contributed by atoms with Crippen LogP contribution in [-0.2, 0) is 0 Å². The maximum atomic E-state index is 9.47. The Kier molecular flexibility index (Phi) is 3.25. The van der Waals surface area contributed by atoms with Gasteiger partial charge in [0.25, 0.3) is 0 Å². The van der Waals surface area contributed by atoms with Crippen LogP contribution >= 0.6 is 0 Å². The molecule has 0 radical (unpaired) electrons. The van der Waals surface area contributed by atoms with Crippen molar-refractivity contribution in [2.45, 2.75) is 0 Å². The summed E-state index contributed by atoms with van der Waals surface area (Å²) in [6, 6.07) is 19.5. The van der Waals surface area contributed by atoms with E-state index in [-0.39, 0.29) is 6.79 Å². The van der Waals surface area contributed by atoms with Crippen molar-refractivity contribution < 1.29 is 14.7 Å². The Morgan fingerprint density at radius 2 is 1.62 bits per heavy atom. The van der Waals surface area contributed by atoms with Gasteiger partial charge in [-0.15, -0.1) is 0 Å². The summed E-state index contributed by atoms with van der Waals surface area (Å²) in [5, 5.41) is 13.0. The zero-order valence-corrected chi connectivity index (χ0v) is 13.7. The average Bonchev–Trinajstić information content (AvgIpc) is 3.27. The Balaban J connectivity index is 1.50. The molecular weight excluding hydrogens is 328 g/mol. The van der Waals surface area contributed by atoms with Crippen LogP contribution in [0.5, 0.6) is 11.5 Å². The first-order valence-electron chi connectivity index (χ1n) is 8.23. The second-order valence-corrected chi connectivity index (χ2v) is 6.09. The fraction of sp³-hybridized carbons (Fsp3) is 0.0476. The minimum absolute atomic E-state index is 0.255. The Hall–Kier alpha value is -3.60. The second kappa shape index (κ2) is 5.74. The van der Waals surface area contributed by atoms with E-state index in [1.807, 2.05) is 60.7 Å². The van der Waals surface area contributed by atoms with Gasteiger partial charge in [-0.05, 0) is 47.0 Å². The van der Waals surface area contributed by atoms with Gasteiger partial charge in [0.2, 0.25) is 6.79 Å². The Labute approximate surface area is 149 Å². The van der Waals surface area contributed by atoms with E-state index in [2.05, 4.69) is 10.1 Å². The Morgan fingerprint density at radius 1 is 0.808 bits per heavy atom. The lowest BCUT2D eigenvalue weighted by atomic mass is 10.1. The van der Waals surface area contributed by atoms with Gasteiger partial charge >= 0.3 is 0 Å². The molecule has 26 heavy (non-hydrogen) atoms. The van der Waals surface area contributed by atoms with Crippen LogP contribution in [0.15, 0.2) is 70.8 Å². The highest BCUT2D eigenvalue weighted by molar-refractivity contribution is 6.24. The molecule has 126 valence electrons. The third kappa shape index (κ3) is 2.25. The summed E-state index contributed by atoms with van der Waals surface area (Å²) in [5.41, 5.74) is 6.23. The molecule has 0 spiro atoms. The van der Waals surface area contributed by atoms with E-state index in [4.69, 9.17) is 9.47 Å². The third-order valence-electron chi connectivity index (χ3n) is 4.59. The predicted molar refractivity (Wildman–Crippen MR) is 99.1 cm³/mol. The van der Waals surface area contributed by atoms with Crippen molar-refractivity contribution in [3.63, 3.8) is 0 Å². The standard InChI is InChI=1S/C21H14N2O3/c24-23-21-17-4-2-1-3-15(17)16-7-6-14(10-18(16)21)22-11-13-5-8-19-20(9-13)26-12-25-19/h1-11,24H,12H2/b22-11?,23-21-. The largest absolute Gasteiger partial charge is 0.454 e. The number of nitrogens with zero attached hydrogens (tertiary/aromatic N) is 2. The van der Waals surface area contributed by atoms with Gasteiger partial charge in [-0.25, -0.2) is 0 Å². The first-order chi connectivity index (χ1) is 12.8. The Bertz CT molecular complexity index is 1090. The molecule has 0 aromatic heterocycles. The van der Waals surface area contributed by atoms with E-state index < -0.39 is 0 Å². The zero-order valence-electron chi connectivity index (χ0n) is 13.7. The van der Waals surface area contributed by atoms with E-state index in [9.17, 15) is 5.21 Å². The zero-order chi connectivity index (χ0) is 17.5. The van der Waals surface area contributed by atoms with Crippen molar-refractivity contribution in [3.05, 3.63) is 77.4 Å². The molecule has 0 amide bonds. The molecule has 0 atom stereocenters. The number of benzene rings is 3. The molecule has 1 heterocycles. The highest BCUT2D eigenvalue weighted by Crippen LogP contribution is 2.38. The molecule has 1 aliphatic heterocycles. The summed E-state index contributed by atoms with van der Waals surface area (Å²) >= 11 is 0. The molecule has 2 aliphatic rings. The van der Waals surface area contributed by atoms with Crippen LogP contribution in [0.3, 0.4) is 0 Å². The SMILES string of the molecule is O/N=C1/c2ccccc2-c2ccc(N=Cc3ccc4c(c3)OCO4)cc21. The third-order valence-corrected chi connectivity index (χ3v) is 4.59. The van der Waals surface area contributed by atoms with Crippen molar-refractivity contribution in [1.29, 1.82) is 0 Å². The van der Waals surface area contributed by atoms with Crippen LogP contribution in [0.1, 0.15) is 16.7 Å². The van der Waals surface area contributed by atoms with Crippen molar-refractivity contribution in [1.82, 2.24) is 0 Å². The van der Waals surface area contributed by atoms with Gasteiger partial charge < -0.3 is 14.7 Å². The highest BCUT2D eigenvalue weighted by atomic mass is 16.7. The first kappa shape index (κ1) is 14.7. The van der Waals surface area contributed by atoms with Gasteiger partial charge in [-0.1, -0.05) is 35.5 Å². The fourth-order valence-electron chi connectivity index (χ4n) is 3.36. The van der Waals surface area contributed by atoms with Crippen LogP contribution < -0.4 is 9.47 Å². The van der Waals surface area contributed by atoms with E-state index in [0.717, 1.165) is 45.0 Å². The van der Waals surface area contributed by atoms with Crippen molar-refractivity contribution in [2.75, 3.05) is 6.79 Å². The monoisotopic (exact) mass is 342 g/mol. The minimum Gasteiger partial charge on any atom is -0.454 e. The van der Waals surface area contributed by atoms with E-state index >= 15 is 0 Å². The summed E-state index contributed by atoms with van der Waals surface area (Å²) in [6.07, 6.45) is 1.78. The van der Waals surface area contributed by atoms with Crippen LogP contribution in [0, 0.1) is 0 Å². The predicted octanol–water partition coefficient (Wildman–Crippen LogP) is 4.37. The molecule has 0 saturated heterocycles. The van der Waals surface area contributed by atoms with Crippen LogP contribution in [0.4, 0.5) is 5.69 Å².